The third-order valence-electron chi connectivity index (χ3n) is 3.32. The molecule has 0 aromatic heterocycles. The standard InChI is InChI=1S/C16H24O5S/c1-2-3-4-5-6-10-13-15(17)21-16(22(18,19)20)14-11-8-7-9-12-14/h7-9,11-12,16H,2-6,10,13H2,1H3,(H,18,19,20). The average Bonchev–Trinajstić information content (AvgIpc) is 2.48. The van der Waals surface area contributed by atoms with Gasteiger partial charge in [0.15, 0.2) is 0 Å². The molecule has 1 aromatic rings. The van der Waals surface area contributed by atoms with E-state index in [9.17, 15) is 17.8 Å². The summed E-state index contributed by atoms with van der Waals surface area (Å²) in [7, 11) is -4.50. The molecule has 1 aromatic carbocycles. The van der Waals surface area contributed by atoms with E-state index in [4.69, 9.17) is 4.74 Å². The summed E-state index contributed by atoms with van der Waals surface area (Å²) in [4.78, 5) is 11.8. The fourth-order valence-electron chi connectivity index (χ4n) is 2.14. The van der Waals surface area contributed by atoms with Crippen LogP contribution in [0.4, 0.5) is 0 Å². The zero-order valence-corrected chi connectivity index (χ0v) is 13.7. The lowest BCUT2D eigenvalue weighted by atomic mass is 10.1. The number of benzene rings is 1. The Hall–Kier alpha value is -1.40. The topological polar surface area (TPSA) is 80.7 Å². The zero-order chi connectivity index (χ0) is 16.4. The van der Waals surface area contributed by atoms with Crippen molar-refractivity contribution in [3.63, 3.8) is 0 Å². The molecule has 1 rings (SSSR count). The fraction of sp³-hybridized carbons (Fsp3) is 0.562. The number of hydrogen-bond acceptors (Lipinski definition) is 4. The molecule has 0 saturated carbocycles. The highest BCUT2D eigenvalue weighted by Crippen LogP contribution is 2.23. The largest absolute Gasteiger partial charge is 0.438 e. The highest BCUT2D eigenvalue weighted by atomic mass is 32.2. The molecule has 0 heterocycles. The summed E-state index contributed by atoms with van der Waals surface area (Å²) in [6.45, 7) is 2.14. The van der Waals surface area contributed by atoms with Crippen LogP contribution in [0.3, 0.4) is 0 Å². The molecule has 5 nitrogen and oxygen atoms in total. The van der Waals surface area contributed by atoms with Crippen LogP contribution in [0.25, 0.3) is 0 Å². The van der Waals surface area contributed by atoms with E-state index in [0.717, 1.165) is 25.7 Å². The third kappa shape index (κ3) is 7.04. The summed E-state index contributed by atoms with van der Waals surface area (Å²) in [6, 6.07) is 7.94. The van der Waals surface area contributed by atoms with Crippen LogP contribution in [0.5, 0.6) is 0 Å². The fourth-order valence-corrected chi connectivity index (χ4v) is 2.87. The van der Waals surface area contributed by atoms with Gasteiger partial charge < -0.3 is 4.74 Å². The number of carbonyl (C=O) groups excluding carboxylic acids is 1. The molecule has 0 bridgehead atoms. The molecule has 1 atom stereocenters. The predicted molar refractivity (Wildman–Crippen MR) is 84.8 cm³/mol. The maximum atomic E-state index is 11.8. The van der Waals surface area contributed by atoms with Crippen molar-refractivity contribution < 1.29 is 22.5 Å². The molecule has 124 valence electrons. The van der Waals surface area contributed by atoms with Crippen molar-refractivity contribution in [2.75, 3.05) is 0 Å². The Labute approximate surface area is 132 Å². The molecule has 6 heteroatoms. The Morgan fingerprint density at radius 1 is 1.09 bits per heavy atom. The second kappa shape index (κ2) is 9.58. The minimum atomic E-state index is -4.50. The van der Waals surface area contributed by atoms with Crippen molar-refractivity contribution >= 4 is 16.1 Å². The Morgan fingerprint density at radius 2 is 1.68 bits per heavy atom. The van der Waals surface area contributed by atoms with E-state index in [-0.39, 0.29) is 12.0 Å². The average molecular weight is 328 g/mol. The van der Waals surface area contributed by atoms with Gasteiger partial charge in [-0.3, -0.25) is 9.35 Å². The molecule has 0 spiro atoms. The minimum absolute atomic E-state index is 0.158. The van der Waals surface area contributed by atoms with Gasteiger partial charge in [0.1, 0.15) is 0 Å². The summed E-state index contributed by atoms with van der Waals surface area (Å²) >= 11 is 0. The van der Waals surface area contributed by atoms with Crippen molar-refractivity contribution in [2.45, 2.75) is 57.3 Å². The van der Waals surface area contributed by atoms with E-state index < -0.39 is 21.5 Å². The van der Waals surface area contributed by atoms with Crippen LogP contribution in [0, 0.1) is 0 Å². The van der Waals surface area contributed by atoms with Crippen molar-refractivity contribution in [3.05, 3.63) is 35.9 Å². The Morgan fingerprint density at radius 3 is 2.27 bits per heavy atom. The van der Waals surface area contributed by atoms with Crippen LogP contribution in [0.2, 0.25) is 0 Å². The highest BCUT2D eigenvalue weighted by molar-refractivity contribution is 7.85. The molecule has 0 saturated heterocycles. The van der Waals surface area contributed by atoms with Gasteiger partial charge in [-0.25, -0.2) is 0 Å². The maximum Gasteiger partial charge on any atom is 0.308 e. The van der Waals surface area contributed by atoms with Crippen molar-refractivity contribution in [3.8, 4) is 0 Å². The zero-order valence-electron chi connectivity index (χ0n) is 12.9. The third-order valence-corrected chi connectivity index (χ3v) is 4.22. The van der Waals surface area contributed by atoms with E-state index in [0.29, 0.717) is 6.42 Å². The number of ether oxygens (including phenoxy) is 1. The normalized spacial score (nSPS) is 12.8. The summed E-state index contributed by atoms with van der Waals surface area (Å²) in [5, 5.41) is 0. The van der Waals surface area contributed by atoms with Crippen LogP contribution in [-0.4, -0.2) is 18.9 Å². The summed E-state index contributed by atoms with van der Waals surface area (Å²) in [6.07, 6.45) is 6.28. The number of rotatable bonds is 10. The second-order valence-electron chi connectivity index (χ2n) is 5.27. The molecular formula is C16H24O5S. The van der Waals surface area contributed by atoms with Crippen LogP contribution in [0.15, 0.2) is 30.3 Å². The van der Waals surface area contributed by atoms with Gasteiger partial charge in [0.2, 0.25) is 0 Å². The van der Waals surface area contributed by atoms with E-state index >= 15 is 0 Å². The monoisotopic (exact) mass is 328 g/mol. The molecule has 0 aliphatic carbocycles. The molecule has 0 aliphatic rings. The van der Waals surface area contributed by atoms with Gasteiger partial charge in [-0.15, -0.1) is 0 Å². The van der Waals surface area contributed by atoms with Crippen LogP contribution < -0.4 is 0 Å². The van der Waals surface area contributed by atoms with Gasteiger partial charge in [-0.1, -0.05) is 69.4 Å². The summed E-state index contributed by atoms with van der Waals surface area (Å²) < 4.78 is 37.0. The van der Waals surface area contributed by atoms with Gasteiger partial charge >= 0.3 is 16.1 Å². The van der Waals surface area contributed by atoms with Crippen molar-refractivity contribution in [1.29, 1.82) is 0 Å². The molecule has 1 N–H and O–H groups in total. The Balaban J connectivity index is 2.48. The van der Waals surface area contributed by atoms with Crippen LogP contribution >= 0.6 is 0 Å². The number of unbranched alkanes of at least 4 members (excludes halogenated alkanes) is 5. The molecule has 0 fully saturated rings. The predicted octanol–water partition coefficient (Wildman–Crippen LogP) is 3.87. The van der Waals surface area contributed by atoms with Crippen LogP contribution in [-0.2, 0) is 19.6 Å². The summed E-state index contributed by atoms with van der Waals surface area (Å²) in [5.41, 5.74) is -1.41. The van der Waals surface area contributed by atoms with E-state index in [2.05, 4.69) is 6.92 Å². The van der Waals surface area contributed by atoms with E-state index in [1.165, 1.54) is 18.6 Å². The van der Waals surface area contributed by atoms with Crippen molar-refractivity contribution in [1.82, 2.24) is 0 Å². The molecule has 0 aliphatic heterocycles. The van der Waals surface area contributed by atoms with Crippen molar-refractivity contribution in [2.24, 2.45) is 0 Å². The van der Waals surface area contributed by atoms with E-state index in [1.807, 2.05) is 0 Å². The van der Waals surface area contributed by atoms with Gasteiger partial charge in [0, 0.05) is 12.0 Å². The lowest BCUT2D eigenvalue weighted by Gasteiger charge is -2.15. The Bertz CT molecular complexity index is 539. The molecular weight excluding hydrogens is 304 g/mol. The van der Waals surface area contributed by atoms with Gasteiger partial charge in [-0.2, -0.15) is 8.42 Å². The van der Waals surface area contributed by atoms with Gasteiger partial charge in [-0.05, 0) is 6.42 Å². The summed E-state index contributed by atoms with van der Waals surface area (Å²) in [5.74, 6) is -0.609. The molecule has 0 radical (unpaired) electrons. The first-order valence-electron chi connectivity index (χ1n) is 7.66. The number of carbonyl (C=O) groups is 1. The number of esters is 1. The minimum Gasteiger partial charge on any atom is -0.438 e. The smallest absolute Gasteiger partial charge is 0.308 e. The highest BCUT2D eigenvalue weighted by Gasteiger charge is 2.28. The molecule has 22 heavy (non-hydrogen) atoms. The number of hydrogen-bond donors (Lipinski definition) is 1. The van der Waals surface area contributed by atoms with E-state index in [1.54, 1.807) is 18.2 Å². The quantitative estimate of drug-likeness (QED) is 0.400. The first-order valence-corrected chi connectivity index (χ1v) is 9.16. The SMILES string of the molecule is CCCCCCCCC(=O)OC(c1ccccc1)S(=O)(=O)O. The first-order chi connectivity index (χ1) is 10.4. The van der Waals surface area contributed by atoms with Crippen LogP contribution in [0.1, 0.15) is 62.9 Å². The van der Waals surface area contributed by atoms with Gasteiger partial charge in [0.05, 0.1) is 0 Å². The van der Waals surface area contributed by atoms with Gasteiger partial charge in [0.25, 0.3) is 5.44 Å². The Kier molecular flexibility index (Phi) is 8.12. The lowest BCUT2D eigenvalue weighted by Crippen LogP contribution is -2.19. The first kappa shape index (κ1) is 18.6. The second-order valence-corrected chi connectivity index (χ2v) is 6.72. The lowest BCUT2D eigenvalue weighted by molar-refractivity contribution is -0.146. The maximum absolute atomic E-state index is 11.8. The molecule has 0 amide bonds. The molecule has 1 unspecified atom stereocenters.